The minimum atomic E-state index is -0.379. The molecule has 2 rings (SSSR count). The van der Waals surface area contributed by atoms with Gasteiger partial charge in [0.2, 0.25) is 0 Å². The van der Waals surface area contributed by atoms with Gasteiger partial charge in [0, 0.05) is 0 Å². The van der Waals surface area contributed by atoms with E-state index in [0.29, 0.717) is 19.6 Å². The zero-order valence-electron chi connectivity index (χ0n) is 12.5. The number of esters is 1. The molecule has 4 nitrogen and oxygen atoms in total. The van der Waals surface area contributed by atoms with E-state index in [0.717, 1.165) is 31.7 Å². The topological polar surface area (TPSA) is 47.6 Å². The minimum absolute atomic E-state index is 0. The number of piperidine rings is 1. The van der Waals surface area contributed by atoms with E-state index in [4.69, 9.17) is 9.47 Å². The predicted octanol–water partition coefficient (Wildman–Crippen LogP) is 2.81. The molecule has 1 aliphatic rings. The average Bonchev–Trinajstić information content (AvgIpc) is 2.49. The summed E-state index contributed by atoms with van der Waals surface area (Å²) in [7, 11) is 0. The van der Waals surface area contributed by atoms with Crippen LogP contribution in [0.1, 0.15) is 26.2 Å². The molecule has 0 aromatic heterocycles. The van der Waals surface area contributed by atoms with Gasteiger partial charge in [0.25, 0.3) is 0 Å². The van der Waals surface area contributed by atoms with Crippen LogP contribution in [0, 0.1) is 5.41 Å². The number of nitrogens with one attached hydrogen (secondary N) is 1. The van der Waals surface area contributed by atoms with Gasteiger partial charge in [-0.2, -0.15) is 0 Å². The molecule has 0 aliphatic carbocycles. The predicted molar refractivity (Wildman–Crippen MR) is 85.0 cm³/mol. The maximum atomic E-state index is 12.3. The molecule has 1 N–H and O–H groups in total. The maximum absolute atomic E-state index is 12.3. The molecule has 118 valence electrons. The first kappa shape index (κ1) is 17.8. The first-order chi connectivity index (χ1) is 9.77. The van der Waals surface area contributed by atoms with Gasteiger partial charge in [-0.3, -0.25) is 4.79 Å². The molecule has 0 radical (unpaired) electrons. The highest BCUT2D eigenvalue weighted by atomic mass is 35.5. The van der Waals surface area contributed by atoms with Crippen LogP contribution in [0.3, 0.4) is 0 Å². The highest BCUT2D eigenvalue weighted by Crippen LogP contribution is 2.34. The van der Waals surface area contributed by atoms with Crippen LogP contribution >= 0.6 is 12.4 Å². The zero-order chi connectivity index (χ0) is 14.3. The third kappa shape index (κ3) is 4.90. The number of para-hydroxylation sites is 1. The number of halogens is 1. The van der Waals surface area contributed by atoms with E-state index in [1.54, 1.807) is 0 Å². The van der Waals surface area contributed by atoms with Gasteiger partial charge >= 0.3 is 5.97 Å². The standard InChI is InChI=1S/C16H23NO3.ClH/c1-2-19-15(18)16(8-11-17-12-9-16)10-13-20-14-6-4-3-5-7-14;/h3-7,17H,2,8-13H2,1H3;1H. The van der Waals surface area contributed by atoms with Gasteiger partial charge in [-0.05, 0) is 51.4 Å². The summed E-state index contributed by atoms with van der Waals surface area (Å²) in [6, 6.07) is 9.71. The van der Waals surface area contributed by atoms with Crippen molar-refractivity contribution in [3.63, 3.8) is 0 Å². The Bertz CT molecular complexity index is 419. The van der Waals surface area contributed by atoms with Crippen LogP contribution in [-0.4, -0.2) is 32.3 Å². The largest absolute Gasteiger partial charge is 0.494 e. The molecule has 1 fully saturated rings. The molecule has 1 aliphatic heterocycles. The molecule has 0 atom stereocenters. The Morgan fingerprint density at radius 2 is 1.90 bits per heavy atom. The average molecular weight is 314 g/mol. The van der Waals surface area contributed by atoms with Crippen LogP contribution in [-0.2, 0) is 9.53 Å². The molecular formula is C16H24ClNO3. The molecule has 1 heterocycles. The molecule has 0 bridgehead atoms. The zero-order valence-corrected chi connectivity index (χ0v) is 13.3. The molecule has 1 aromatic rings. The summed E-state index contributed by atoms with van der Waals surface area (Å²) in [5.74, 6) is 0.776. The normalized spacial score (nSPS) is 16.6. The van der Waals surface area contributed by atoms with Gasteiger partial charge in [-0.25, -0.2) is 0 Å². The van der Waals surface area contributed by atoms with Crippen LogP contribution in [0.5, 0.6) is 5.75 Å². The summed E-state index contributed by atoms with van der Waals surface area (Å²) in [4.78, 5) is 12.3. The third-order valence-electron chi connectivity index (χ3n) is 3.86. The number of carbonyl (C=O) groups excluding carboxylic acids is 1. The van der Waals surface area contributed by atoms with Crippen molar-refractivity contribution < 1.29 is 14.3 Å². The second kappa shape index (κ2) is 8.90. The van der Waals surface area contributed by atoms with Crippen molar-refractivity contribution in [2.45, 2.75) is 26.2 Å². The first-order valence-corrected chi connectivity index (χ1v) is 7.33. The summed E-state index contributed by atoms with van der Waals surface area (Å²) >= 11 is 0. The van der Waals surface area contributed by atoms with Crippen molar-refractivity contribution in [2.24, 2.45) is 5.41 Å². The van der Waals surface area contributed by atoms with Crippen molar-refractivity contribution in [1.29, 1.82) is 0 Å². The third-order valence-corrected chi connectivity index (χ3v) is 3.86. The van der Waals surface area contributed by atoms with E-state index in [1.807, 2.05) is 37.3 Å². The maximum Gasteiger partial charge on any atom is 0.312 e. The second-order valence-electron chi connectivity index (χ2n) is 5.16. The van der Waals surface area contributed by atoms with Gasteiger partial charge in [-0.15, -0.1) is 12.4 Å². The number of rotatable bonds is 6. The molecule has 0 saturated carbocycles. The lowest BCUT2D eigenvalue weighted by molar-refractivity contribution is -0.158. The quantitative estimate of drug-likeness (QED) is 0.820. The van der Waals surface area contributed by atoms with Crippen molar-refractivity contribution in [1.82, 2.24) is 5.32 Å². The molecule has 0 amide bonds. The van der Waals surface area contributed by atoms with Crippen LogP contribution in [0.4, 0.5) is 0 Å². The Balaban J connectivity index is 0.00000220. The van der Waals surface area contributed by atoms with E-state index >= 15 is 0 Å². The van der Waals surface area contributed by atoms with Gasteiger partial charge < -0.3 is 14.8 Å². The van der Waals surface area contributed by atoms with Gasteiger partial charge in [-0.1, -0.05) is 18.2 Å². The summed E-state index contributed by atoms with van der Waals surface area (Å²) in [6.45, 7) is 4.57. The van der Waals surface area contributed by atoms with Crippen molar-refractivity contribution in [3.8, 4) is 5.75 Å². The van der Waals surface area contributed by atoms with Crippen molar-refractivity contribution in [3.05, 3.63) is 30.3 Å². The lowest BCUT2D eigenvalue weighted by Gasteiger charge is -2.35. The van der Waals surface area contributed by atoms with E-state index in [1.165, 1.54) is 0 Å². The first-order valence-electron chi connectivity index (χ1n) is 7.33. The van der Waals surface area contributed by atoms with Crippen LogP contribution in [0.15, 0.2) is 30.3 Å². The summed E-state index contributed by atoms with van der Waals surface area (Å²) < 4.78 is 11.0. The van der Waals surface area contributed by atoms with Crippen LogP contribution < -0.4 is 10.1 Å². The highest BCUT2D eigenvalue weighted by Gasteiger charge is 2.40. The SMILES string of the molecule is CCOC(=O)C1(CCOc2ccccc2)CCNCC1.Cl. The van der Waals surface area contributed by atoms with Gasteiger partial charge in [0.05, 0.1) is 18.6 Å². The minimum Gasteiger partial charge on any atom is -0.494 e. The molecule has 0 unspecified atom stereocenters. The second-order valence-corrected chi connectivity index (χ2v) is 5.16. The van der Waals surface area contributed by atoms with Crippen molar-refractivity contribution >= 4 is 18.4 Å². The fraction of sp³-hybridized carbons (Fsp3) is 0.562. The fourth-order valence-electron chi connectivity index (χ4n) is 2.63. The lowest BCUT2D eigenvalue weighted by Crippen LogP contribution is -2.44. The van der Waals surface area contributed by atoms with E-state index in [-0.39, 0.29) is 23.8 Å². The number of benzene rings is 1. The lowest BCUT2D eigenvalue weighted by atomic mass is 9.76. The molecule has 21 heavy (non-hydrogen) atoms. The summed E-state index contributed by atoms with van der Waals surface area (Å²) in [5.41, 5.74) is -0.379. The Morgan fingerprint density at radius 1 is 1.24 bits per heavy atom. The Hall–Kier alpha value is -1.26. The van der Waals surface area contributed by atoms with Crippen LogP contribution in [0.2, 0.25) is 0 Å². The van der Waals surface area contributed by atoms with E-state index in [2.05, 4.69) is 5.32 Å². The van der Waals surface area contributed by atoms with E-state index in [9.17, 15) is 4.79 Å². The monoisotopic (exact) mass is 313 g/mol. The highest BCUT2D eigenvalue weighted by molar-refractivity contribution is 5.85. The summed E-state index contributed by atoms with van der Waals surface area (Å²) in [6.07, 6.45) is 2.36. The number of ether oxygens (including phenoxy) is 2. The molecule has 1 aromatic carbocycles. The van der Waals surface area contributed by atoms with Gasteiger partial charge in [0.15, 0.2) is 0 Å². The number of carbonyl (C=O) groups is 1. The summed E-state index contributed by atoms with van der Waals surface area (Å²) in [5, 5.41) is 3.30. The molecule has 0 spiro atoms. The van der Waals surface area contributed by atoms with Gasteiger partial charge in [0.1, 0.15) is 5.75 Å². The Labute approximate surface area is 132 Å². The Kier molecular flexibility index (Phi) is 7.54. The number of hydrogen-bond donors (Lipinski definition) is 1. The van der Waals surface area contributed by atoms with E-state index < -0.39 is 0 Å². The number of hydrogen-bond acceptors (Lipinski definition) is 4. The van der Waals surface area contributed by atoms with Crippen molar-refractivity contribution in [2.75, 3.05) is 26.3 Å². The molecule has 5 heteroatoms. The molecule has 1 saturated heterocycles. The molecular weight excluding hydrogens is 290 g/mol. The van der Waals surface area contributed by atoms with Crippen LogP contribution in [0.25, 0.3) is 0 Å². The smallest absolute Gasteiger partial charge is 0.312 e. The Morgan fingerprint density at radius 3 is 2.52 bits per heavy atom. The fourth-order valence-corrected chi connectivity index (χ4v) is 2.63.